The van der Waals surface area contributed by atoms with Crippen LogP contribution in [-0.2, 0) is 6.54 Å². The van der Waals surface area contributed by atoms with Crippen LogP contribution in [0, 0.1) is 11.6 Å². The van der Waals surface area contributed by atoms with Crippen molar-refractivity contribution in [1.82, 2.24) is 15.1 Å². The molecule has 1 N–H and O–H groups in total. The van der Waals surface area contributed by atoms with Crippen molar-refractivity contribution in [3.05, 3.63) is 114 Å². The Morgan fingerprint density at radius 2 is 1.81 bits per heavy atom. The minimum Gasteiger partial charge on any atom is -0.345 e. The minimum atomic E-state index is -0.686. The lowest BCUT2D eigenvalue weighted by molar-refractivity contribution is 0.0940. The van der Waals surface area contributed by atoms with E-state index in [9.17, 15) is 13.6 Å². The van der Waals surface area contributed by atoms with E-state index in [0.29, 0.717) is 12.1 Å². The second kappa shape index (κ2) is 8.92. The Labute approximate surface area is 179 Å². The lowest BCUT2D eigenvalue weighted by Gasteiger charge is -2.17. The van der Waals surface area contributed by atoms with Gasteiger partial charge in [0.15, 0.2) is 0 Å². The number of rotatable bonds is 6. The van der Waals surface area contributed by atoms with Gasteiger partial charge in [0.1, 0.15) is 11.6 Å². The summed E-state index contributed by atoms with van der Waals surface area (Å²) in [6.45, 7) is 2.33. The molecule has 1 unspecified atom stereocenters. The van der Waals surface area contributed by atoms with Gasteiger partial charge >= 0.3 is 0 Å². The third-order valence-electron chi connectivity index (χ3n) is 5.12. The summed E-state index contributed by atoms with van der Waals surface area (Å²) < 4.78 is 29.1. The summed E-state index contributed by atoms with van der Waals surface area (Å²) in [5.74, 6) is -1.66. The average Bonchev–Trinajstić information content (AvgIpc) is 3.27. The Morgan fingerprint density at radius 1 is 1.03 bits per heavy atom. The largest absolute Gasteiger partial charge is 0.345 e. The lowest BCUT2D eigenvalue weighted by Crippen LogP contribution is -2.27. The van der Waals surface area contributed by atoms with Crippen LogP contribution in [0.3, 0.4) is 0 Å². The zero-order chi connectivity index (χ0) is 21.8. The summed E-state index contributed by atoms with van der Waals surface area (Å²) in [4.78, 5) is 13.0. The van der Waals surface area contributed by atoms with Crippen LogP contribution >= 0.6 is 0 Å². The Kier molecular flexibility index (Phi) is 5.89. The molecule has 0 fully saturated rings. The molecule has 0 spiro atoms. The van der Waals surface area contributed by atoms with E-state index in [1.807, 2.05) is 53.3 Å². The van der Waals surface area contributed by atoms with E-state index in [4.69, 9.17) is 0 Å². The molecule has 0 bridgehead atoms. The van der Waals surface area contributed by atoms with E-state index >= 15 is 0 Å². The van der Waals surface area contributed by atoms with Crippen molar-refractivity contribution in [2.75, 3.05) is 0 Å². The van der Waals surface area contributed by atoms with E-state index in [1.54, 1.807) is 25.3 Å². The molecule has 0 saturated carbocycles. The standard InChI is InChI=1S/C25H21F2N3O/c1-17(21-12-11-20(26)15-24(21)27)29-25(31)23-6-3-2-5-22(23)19-9-7-18(8-10-19)16-30-14-4-13-28-30/h2-15,17H,16H2,1H3,(H,29,31). The van der Waals surface area contributed by atoms with E-state index in [0.717, 1.165) is 22.8 Å². The highest BCUT2D eigenvalue weighted by molar-refractivity contribution is 6.01. The van der Waals surface area contributed by atoms with Crippen LogP contribution in [0.25, 0.3) is 11.1 Å². The lowest BCUT2D eigenvalue weighted by atomic mass is 9.97. The number of carbonyl (C=O) groups excluding carboxylic acids is 1. The van der Waals surface area contributed by atoms with Crippen molar-refractivity contribution in [3.63, 3.8) is 0 Å². The van der Waals surface area contributed by atoms with Crippen molar-refractivity contribution in [2.45, 2.75) is 19.5 Å². The molecule has 0 aliphatic rings. The molecule has 4 rings (SSSR count). The van der Waals surface area contributed by atoms with Crippen molar-refractivity contribution < 1.29 is 13.6 Å². The molecular weight excluding hydrogens is 396 g/mol. The second-order valence-corrected chi connectivity index (χ2v) is 7.31. The average molecular weight is 417 g/mol. The van der Waals surface area contributed by atoms with E-state index in [2.05, 4.69) is 10.4 Å². The summed E-state index contributed by atoms with van der Waals surface area (Å²) in [6, 6.07) is 19.8. The fraction of sp³-hybridized carbons (Fsp3) is 0.120. The van der Waals surface area contributed by atoms with Crippen LogP contribution in [0.5, 0.6) is 0 Å². The minimum absolute atomic E-state index is 0.232. The Hall–Kier alpha value is -3.80. The predicted octanol–water partition coefficient (Wildman–Crippen LogP) is 5.37. The molecule has 31 heavy (non-hydrogen) atoms. The number of carbonyl (C=O) groups is 1. The van der Waals surface area contributed by atoms with E-state index < -0.39 is 17.7 Å². The molecule has 1 atom stereocenters. The molecule has 0 saturated heterocycles. The normalized spacial score (nSPS) is 11.8. The van der Waals surface area contributed by atoms with Gasteiger partial charge in [0, 0.05) is 29.6 Å². The topological polar surface area (TPSA) is 46.9 Å². The van der Waals surface area contributed by atoms with Gasteiger partial charge in [-0.1, -0.05) is 48.5 Å². The van der Waals surface area contributed by atoms with Crippen molar-refractivity contribution in [3.8, 4) is 11.1 Å². The first-order valence-corrected chi connectivity index (χ1v) is 9.93. The van der Waals surface area contributed by atoms with E-state index in [-0.39, 0.29) is 11.5 Å². The quantitative estimate of drug-likeness (QED) is 0.459. The first-order chi connectivity index (χ1) is 15.0. The van der Waals surface area contributed by atoms with Crippen LogP contribution in [-0.4, -0.2) is 15.7 Å². The highest BCUT2D eigenvalue weighted by Crippen LogP contribution is 2.25. The number of amides is 1. The molecule has 0 radical (unpaired) electrons. The molecule has 1 heterocycles. The zero-order valence-corrected chi connectivity index (χ0v) is 16.9. The van der Waals surface area contributed by atoms with E-state index in [1.165, 1.54) is 12.1 Å². The van der Waals surface area contributed by atoms with Gasteiger partial charge in [0.25, 0.3) is 5.91 Å². The van der Waals surface area contributed by atoms with Crippen molar-refractivity contribution in [1.29, 1.82) is 0 Å². The van der Waals surface area contributed by atoms with Gasteiger partial charge in [0.05, 0.1) is 12.6 Å². The fourth-order valence-electron chi connectivity index (χ4n) is 3.51. The van der Waals surface area contributed by atoms with Gasteiger partial charge in [0.2, 0.25) is 0 Å². The first kappa shape index (κ1) is 20.5. The first-order valence-electron chi connectivity index (χ1n) is 9.93. The molecule has 4 nitrogen and oxygen atoms in total. The molecule has 156 valence electrons. The van der Waals surface area contributed by atoms with Crippen LogP contribution in [0.1, 0.15) is 34.5 Å². The maximum atomic E-state index is 14.1. The van der Waals surface area contributed by atoms with Crippen molar-refractivity contribution >= 4 is 5.91 Å². The third kappa shape index (κ3) is 4.69. The number of aromatic nitrogens is 2. The van der Waals surface area contributed by atoms with Gasteiger partial charge in [-0.05, 0) is 41.8 Å². The van der Waals surface area contributed by atoms with Crippen LogP contribution in [0.15, 0.2) is 85.2 Å². The van der Waals surface area contributed by atoms with Crippen molar-refractivity contribution in [2.24, 2.45) is 0 Å². The SMILES string of the molecule is CC(NC(=O)c1ccccc1-c1ccc(Cn2cccn2)cc1)c1ccc(F)cc1F. The molecule has 3 aromatic carbocycles. The number of halogens is 2. The predicted molar refractivity (Wildman–Crippen MR) is 115 cm³/mol. The summed E-state index contributed by atoms with van der Waals surface area (Å²) in [5, 5.41) is 7.02. The molecule has 0 aliphatic carbocycles. The Bertz CT molecular complexity index is 1190. The van der Waals surface area contributed by atoms with Gasteiger partial charge in [-0.3, -0.25) is 9.48 Å². The van der Waals surface area contributed by atoms with Gasteiger partial charge in [-0.15, -0.1) is 0 Å². The molecule has 0 aliphatic heterocycles. The smallest absolute Gasteiger partial charge is 0.252 e. The zero-order valence-electron chi connectivity index (χ0n) is 16.9. The van der Waals surface area contributed by atoms with Crippen LogP contribution in [0.2, 0.25) is 0 Å². The summed E-state index contributed by atoms with van der Waals surface area (Å²) in [5.41, 5.74) is 3.48. The molecule has 1 aromatic heterocycles. The maximum Gasteiger partial charge on any atom is 0.252 e. The number of nitrogens with one attached hydrogen (secondary N) is 1. The highest BCUT2D eigenvalue weighted by Gasteiger charge is 2.18. The summed E-state index contributed by atoms with van der Waals surface area (Å²) >= 11 is 0. The van der Waals surface area contributed by atoms with Gasteiger partial charge in [-0.25, -0.2) is 8.78 Å². The maximum absolute atomic E-state index is 14.1. The van der Waals surface area contributed by atoms with Gasteiger partial charge in [-0.2, -0.15) is 5.10 Å². The van der Waals surface area contributed by atoms with Gasteiger partial charge < -0.3 is 5.32 Å². The molecule has 1 amide bonds. The Balaban J connectivity index is 1.54. The number of hydrogen-bond acceptors (Lipinski definition) is 2. The summed E-state index contributed by atoms with van der Waals surface area (Å²) in [7, 11) is 0. The highest BCUT2D eigenvalue weighted by atomic mass is 19.1. The molecule has 6 heteroatoms. The van der Waals surface area contributed by atoms with Crippen LogP contribution < -0.4 is 5.32 Å². The molecular formula is C25H21F2N3O. The molecule has 4 aromatic rings. The number of benzene rings is 3. The second-order valence-electron chi connectivity index (χ2n) is 7.31. The Morgan fingerprint density at radius 3 is 2.52 bits per heavy atom. The fourth-order valence-corrected chi connectivity index (χ4v) is 3.51. The van der Waals surface area contributed by atoms with Crippen LogP contribution in [0.4, 0.5) is 8.78 Å². The summed E-state index contributed by atoms with van der Waals surface area (Å²) in [6.07, 6.45) is 3.64. The third-order valence-corrected chi connectivity index (χ3v) is 5.12. The number of hydrogen-bond donors (Lipinski definition) is 1. The number of nitrogens with zero attached hydrogens (tertiary/aromatic N) is 2. The monoisotopic (exact) mass is 417 g/mol.